The summed E-state index contributed by atoms with van der Waals surface area (Å²) < 4.78 is 0. The first kappa shape index (κ1) is 7.26. The van der Waals surface area contributed by atoms with Crippen molar-refractivity contribution >= 4 is 11.3 Å². The molecule has 0 aliphatic heterocycles. The highest BCUT2D eigenvalue weighted by atomic mass is 32.1. The second-order valence-electron chi connectivity index (χ2n) is 1.95. The van der Waals surface area contributed by atoms with Crippen LogP contribution in [0.2, 0.25) is 0 Å². The molecule has 0 radical (unpaired) electrons. The number of hydrogen-bond acceptors (Lipinski definition) is 3. The van der Waals surface area contributed by atoms with Gasteiger partial charge in [0.05, 0.1) is 11.6 Å². The van der Waals surface area contributed by atoms with E-state index in [4.69, 9.17) is 11.0 Å². The maximum atomic E-state index is 8.44. The van der Waals surface area contributed by atoms with Crippen molar-refractivity contribution in [2.24, 2.45) is 5.73 Å². The molecule has 0 aliphatic carbocycles. The van der Waals surface area contributed by atoms with Crippen molar-refractivity contribution < 1.29 is 0 Å². The van der Waals surface area contributed by atoms with Gasteiger partial charge < -0.3 is 5.73 Å². The Bertz CT molecular complexity index is 246. The van der Waals surface area contributed by atoms with Crippen LogP contribution in [-0.2, 0) is 6.42 Å². The lowest BCUT2D eigenvalue weighted by Gasteiger charge is -1.86. The van der Waals surface area contributed by atoms with Gasteiger partial charge in [-0.1, -0.05) is 0 Å². The highest BCUT2D eigenvalue weighted by Gasteiger charge is 1.95. The molecule has 1 aromatic rings. The lowest BCUT2D eigenvalue weighted by atomic mass is 10.3. The van der Waals surface area contributed by atoms with E-state index in [0.29, 0.717) is 6.54 Å². The van der Waals surface area contributed by atoms with Crippen LogP contribution in [0.4, 0.5) is 0 Å². The lowest BCUT2D eigenvalue weighted by Crippen LogP contribution is -2.00. The number of hydrogen-bond donors (Lipinski definition) is 1. The Morgan fingerprint density at radius 1 is 1.70 bits per heavy atom. The van der Waals surface area contributed by atoms with E-state index in [-0.39, 0.29) is 0 Å². The molecule has 0 bridgehead atoms. The molecule has 2 N–H and O–H groups in total. The van der Waals surface area contributed by atoms with Gasteiger partial charge in [0, 0.05) is 10.3 Å². The van der Waals surface area contributed by atoms with Crippen molar-refractivity contribution in [1.29, 1.82) is 5.26 Å². The Morgan fingerprint density at radius 3 is 3.00 bits per heavy atom. The zero-order chi connectivity index (χ0) is 7.40. The van der Waals surface area contributed by atoms with Crippen LogP contribution < -0.4 is 5.73 Å². The molecule has 1 heterocycles. The molecule has 0 unspecified atom stereocenters. The topological polar surface area (TPSA) is 49.8 Å². The molecule has 0 aromatic carbocycles. The smallest absolute Gasteiger partial charge is 0.1000 e. The predicted molar refractivity (Wildman–Crippen MR) is 41.8 cm³/mol. The molecule has 1 rings (SSSR count). The molecule has 0 fully saturated rings. The van der Waals surface area contributed by atoms with Crippen LogP contribution in [0.5, 0.6) is 0 Å². The van der Waals surface area contributed by atoms with Gasteiger partial charge in [0.1, 0.15) is 0 Å². The van der Waals surface area contributed by atoms with Crippen molar-refractivity contribution in [2.75, 3.05) is 6.54 Å². The number of thiophene rings is 1. The van der Waals surface area contributed by atoms with Crippen LogP contribution in [0.1, 0.15) is 10.4 Å². The van der Waals surface area contributed by atoms with E-state index in [1.807, 2.05) is 11.4 Å². The minimum atomic E-state index is 0.658. The molecular weight excluding hydrogens is 144 g/mol. The normalized spacial score (nSPS) is 9.20. The second kappa shape index (κ2) is 3.35. The maximum absolute atomic E-state index is 8.44. The molecule has 0 amide bonds. The SMILES string of the molecule is N#Cc1csc(CCN)c1. The fourth-order valence-electron chi connectivity index (χ4n) is 0.713. The third kappa shape index (κ3) is 1.56. The van der Waals surface area contributed by atoms with Gasteiger partial charge in [-0.25, -0.2) is 0 Å². The Hall–Kier alpha value is -0.850. The molecule has 1 aromatic heterocycles. The van der Waals surface area contributed by atoms with Crippen LogP contribution in [0.3, 0.4) is 0 Å². The Balaban J connectivity index is 2.71. The standard InChI is InChI=1S/C7H8N2S/c8-2-1-7-3-6(4-9)5-10-7/h3,5H,1-2,8H2. The zero-order valence-electron chi connectivity index (χ0n) is 5.50. The summed E-state index contributed by atoms with van der Waals surface area (Å²) in [5, 5.41) is 10.3. The third-order valence-electron chi connectivity index (χ3n) is 1.17. The van der Waals surface area contributed by atoms with Crippen molar-refractivity contribution in [2.45, 2.75) is 6.42 Å². The fourth-order valence-corrected chi connectivity index (χ4v) is 1.54. The van der Waals surface area contributed by atoms with E-state index in [1.54, 1.807) is 11.3 Å². The van der Waals surface area contributed by atoms with E-state index in [1.165, 1.54) is 4.88 Å². The van der Waals surface area contributed by atoms with Gasteiger partial charge in [0.25, 0.3) is 0 Å². The summed E-state index contributed by atoms with van der Waals surface area (Å²) in [4.78, 5) is 1.19. The van der Waals surface area contributed by atoms with Gasteiger partial charge in [-0.2, -0.15) is 5.26 Å². The summed E-state index contributed by atoms with van der Waals surface area (Å²) in [6.45, 7) is 0.658. The molecule has 0 spiro atoms. The van der Waals surface area contributed by atoms with Gasteiger partial charge >= 0.3 is 0 Å². The summed E-state index contributed by atoms with van der Waals surface area (Å²) in [5.74, 6) is 0. The third-order valence-corrected chi connectivity index (χ3v) is 2.17. The first-order chi connectivity index (χ1) is 4.86. The Labute approximate surface area is 63.9 Å². The van der Waals surface area contributed by atoms with Crippen LogP contribution in [0.15, 0.2) is 11.4 Å². The van der Waals surface area contributed by atoms with Crippen LogP contribution >= 0.6 is 11.3 Å². The second-order valence-corrected chi connectivity index (χ2v) is 2.95. The Kier molecular flexibility index (Phi) is 2.43. The van der Waals surface area contributed by atoms with Gasteiger partial charge in [-0.15, -0.1) is 11.3 Å². The number of nitrogens with zero attached hydrogens (tertiary/aromatic N) is 1. The van der Waals surface area contributed by atoms with E-state index < -0.39 is 0 Å². The first-order valence-corrected chi connectivity index (χ1v) is 3.92. The van der Waals surface area contributed by atoms with Crippen LogP contribution in [0.25, 0.3) is 0 Å². The van der Waals surface area contributed by atoms with E-state index >= 15 is 0 Å². The molecule has 0 atom stereocenters. The van der Waals surface area contributed by atoms with Gasteiger partial charge in [0.15, 0.2) is 0 Å². The minimum absolute atomic E-state index is 0.658. The molecule has 10 heavy (non-hydrogen) atoms. The molecule has 52 valence electrons. The fraction of sp³-hybridized carbons (Fsp3) is 0.286. The number of nitriles is 1. The highest BCUT2D eigenvalue weighted by Crippen LogP contribution is 2.13. The van der Waals surface area contributed by atoms with Crippen molar-refractivity contribution in [3.63, 3.8) is 0 Å². The number of rotatable bonds is 2. The average Bonchev–Trinajstić information content (AvgIpc) is 2.37. The van der Waals surface area contributed by atoms with Crippen molar-refractivity contribution in [3.8, 4) is 6.07 Å². The first-order valence-electron chi connectivity index (χ1n) is 3.04. The highest BCUT2D eigenvalue weighted by molar-refractivity contribution is 7.10. The van der Waals surface area contributed by atoms with E-state index in [2.05, 4.69) is 6.07 Å². The molecule has 3 heteroatoms. The summed E-state index contributed by atoms with van der Waals surface area (Å²) in [7, 11) is 0. The summed E-state index contributed by atoms with van der Waals surface area (Å²) in [5.41, 5.74) is 6.08. The molecule has 0 saturated heterocycles. The summed E-state index contributed by atoms with van der Waals surface area (Å²) in [6.07, 6.45) is 0.881. The van der Waals surface area contributed by atoms with Crippen LogP contribution in [0, 0.1) is 11.3 Å². The quantitative estimate of drug-likeness (QED) is 0.690. The maximum Gasteiger partial charge on any atom is 0.1000 e. The molecule has 0 aliphatic rings. The molecule has 2 nitrogen and oxygen atoms in total. The van der Waals surface area contributed by atoms with Crippen molar-refractivity contribution in [1.82, 2.24) is 0 Å². The van der Waals surface area contributed by atoms with Gasteiger partial charge in [0.2, 0.25) is 0 Å². The minimum Gasteiger partial charge on any atom is -0.330 e. The average molecular weight is 152 g/mol. The summed E-state index contributed by atoms with van der Waals surface area (Å²) in [6, 6.07) is 3.96. The van der Waals surface area contributed by atoms with Gasteiger partial charge in [-0.05, 0) is 19.0 Å². The van der Waals surface area contributed by atoms with E-state index in [9.17, 15) is 0 Å². The largest absolute Gasteiger partial charge is 0.330 e. The van der Waals surface area contributed by atoms with Gasteiger partial charge in [-0.3, -0.25) is 0 Å². The lowest BCUT2D eigenvalue weighted by molar-refractivity contribution is 0.988. The monoisotopic (exact) mass is 152 g/mol. The van der Waals surface area contributed by atoms with Crippen molar-refractivity contribution in [3.05, 3.63) is 21.9 Å². The van der Waals surface area contributed by atoms with E-state index in [0.717, 1.165) is 12.0 Å². The number of nitrogens with two attached hydrogens (primary N) is 1. The van der Waals surface area contributed by atoms with Crippen LogP contribution in [-0.4, -0.2) is 6.54 Å². The molecular formula is C7H8N2S. The Morgan fingerprint density at radius 2 is 2.50 bits per heavy atom. The predicted octanol–water partition coefficient (Wildman–Crippen LogP) is 1.12. The zero-order valence-corrected chi connectivity index (χ0v) is 6.32. The summed E-state index contributed by atoms with van der Waals surface area (Å²) >= 11 is 1.60. The molecule has 0 saturated carbocycles.